The maximum atomic E-state index is 9.06. The second-order valence-electron chi connectivity index (χ2n) is 5.37. The van der Waals surface area contributed by atoms with Crippen molar-refractivity contribution in [2.75, 3.05) is 0 Å². The fourth-order valence-electron chi connectivity index (χ4n) is 2.83. The largest absolute Gasteiger partial charge is 0.264 e. The van der Waals surface area contributed by atoms with Crippen molar-refractivity contribution in [2.24, 2.45) is 0 Å². The zero-order valence-electron chi connectivity index (χ0n) is 12.7. The molecule has 2 aromatic rings. The first-order valence-electron chi connectivity index (χ1n) is 6.81. The van der Waals surface area contributed by atoms with E-state index in [-0.39, 0.29) is 0 Å². The number of hydrogen-bond acceptors (Lipinski definition) is 3. The molecule has 1 aromatic carbocycles. The number of pyridine rings is 1. The molecule has 2 rings (SSSR count). The van der Waals surface area contributed by atoms with Gasteiger partial charge in [-0.3, -0.25) is 4.98 Å². The first-order valence-corrected chi connectivity index (χ1v) is 6.81. The van der Waals surface area contributed by atoms with Crippen molar-refractivity contribution in [3.05, 3.63) is 52.3 Å². The highest BCUT2D eigenvalue weighted by Crippen LogP contribution is 2.34. The van der Waals surface area contributed by atoms with Gasteiger partial charge in [0.05, 0.1) is 12.1 Å². The number of rotatable bonds is 2. The molecular formula is C18H17N3. The molecule has 0 fully saturated rings. The zero-order chi connectivity index (χ0) is 15.6. The summed E-state index contributed by atoms with van der Waals surface area (Å²) >= 11 is 0. The van der Waals surface area contributed by atoms with Crippen molar-refractivity contribution < 1.29 is 0 Å². The monoisotopic (exact) mass is 275 g/mol. The lowest BCUT2D eigenvalue weighted by Gasteiger charge is -2.17. The van der Waals surface area contributed by atoms with Gasteiger partial charge < -0.3 is 0 Å². The second-order valence-corrected chi connectivity index (χ2v) is 5.37. The van der Waals surface area contributed by atoms with E-state index >= 15 is 0 Å². The third-order valence-electron chi connectivity index (χ3n) is 3.72. The van der Waals surface area contributed by atoms with Gasteiger partial charge in [0.25, 0.3) is 0 Å². The summed E-state index contributed by atoms with van der Waals surface area (Å²) in [5, 5.41) is 18.1. The van der Waals surface area contributed by atoms with Crippen LogP contribution in [0.2, 0.25) is 0 Å². The van der Waals surface area contributed by atoms with Gasteiger partial charge in [-0.15, -0.1) is 0 Å². The quantitative estimate of drug-likeness (QED) is 0.828. The van der Waals surface area contributed by atoms with Crippen LogP contribution in [0.1, 0.15) is 33.7 Å². The Kier molecular flexibility index (Phi) is 4.05. The molecule has 0 atom stereocenters. The smallest absolute Gasteiger partial charge is 0.158 e. The molecule has 3 nitrogen and oxygen atoms in total. The van der Waals surface area contributed by atoms with Crippen LogP contribution in [0.25, 0.3) is 11.1 Å². The average Bonchev–Trinajstić information content (AvgIpc) is 2.42. The lowest BCUT2D eigenvalue weighted by molar-refractivity contribution is 1.09. The van der Waals surface area contributed by atoms with E-state index in [2.05, 4.69) is 18.8 Å². The van der Waals surface area contributed by atoms with Gasteiger partial charge >= 0.3 is 0 Å². The molecule has 104 valence electrons. The fourth-order valence-corrected chi connectivity index (χ4v) is 2.83. The SMILES string of the molecule is Cc1cncc(C)c1-c1c(C)cc(C(C#N)C#N)cc1C. The van der Waals surface area contributed by atoms with Crippen molar-refractivity contribution in [1.29, 1.82) is 10.5 Å². The molecule has 0 radical (unpaired) electrons. The first kappa shape index (κ1) is 14.8. The first-order chi connectivity index (χ1) is 9.99. The van der Waals surface area contributed by atoms with Crippen LogP contribution in [0.4, 0.5) is 0 Å². The van der Waals surface area contributed by atoms with E-state index in [1.807, 2.05) is 50.5 Å². The Morgan fingerprint density at radius 2 is 1.24 bits per heavy atom. The highest BCUT2D eigenvalue weighted by molar-refractivity contribution is 5.76. The zero-order valence-corrected chi connectivity index (χ0v) is 12.7. The number of aryl methyl sites for hydroxylation is 4. The Morgan fingerprint density at radius 1 is 0.810 bits per heavy atom. The average molecular weight is 275 g/mol. The molecule has 0 spiro atoms. The number of hydrogen-bond donors (Lipinski definition) is 0. The van der Waals surface area contributed by atoms with Crippen LogP contribution in [-0.4, -0.2) is 4.98 Å². The van der Waals surface area contributed by atoms with Gasteiger partial charge in [-0.1, -0.05) is 12.1 Å². The number of nitrogens with zero attached hydrogens (tertiary/aromatic N) is 3. The van der Waals surface area contributed by atoms with Crippen LogP contribution in [0.3, 0.4) is 0 Å². The normalized spacial score (nSPS) is 10.2. The molecule has 0 saturated carbocycles. The minimum absolute atomic E-state index is 0.712. The van der Waals surface area contributed by atoms with E-state index in [0.717, 1.165) is 27.8 Å². The second kappa shape index (κ2) is 5.77. The molecular weight excluding hydrogens is 258 g/mol. The van der Waals surface area contributed by atoms with Crippen molar-refractivity contribution in [3.63, 3.8) is 0 Å². The van der Waals surface area contributed by atoms with E-state index in [0.29, 0.717) is 0 Å². The Morgan fingerprint density at radius 3 is 1.67 bits per heavy atom. The Bertz CT molecular complexity index is 719. The molecule has 0 unspecified atom stereocenters. The van der Waals surface area contributed by atoms with E-state index in [1.165, 1.54) is 11.1 Å². The predicted molar refractivity (Wildman–Crippen MR) is 82.6 cm³/mol. The molecule has 21 heavy (non-hydrogen) atoms. The van der Waals surface area contributed by atoms with E-state index in [4.69, 9.17) is 10.5 Å². The van der Waals surface area contributed by atoms with Gasteiger partial charge in [-0.2, -0.15) is 10.5 Å². The summed E-state index contributed by atoms with van der Waals surface area (Å²) in [6.07, 6.45) is 3.73. The Hall–Kier alpha value is -2.65. The molecule has 0 aliphatic rings. The molecule has 0 aliphatic heterocycles. The molecule has 1 aromatic heterocycles. The number of benzene rings is 1. The fraction of sp³-hybridized carbons (Fsp3) is 0.278. The van der Waals surface area contributed by atoms with Gasteiger partial charge in [0.15, 0.2) is 5.92 Å². The third kappa shape index (κ3) is 2.64. The van der Waals surface area contributed by atoms with E-state index < -0.39 is 5.92 Å². The topological polar surface area (TPSA) is 60.5 Å². The van der Waals surface area contributed by atoms with Gasteiger partial charge in [-0.25, -0.2) is 0 Å². The predicted octanol–water partition coefficient (Wildman–Crippen LogP) is 4.11. The lowest BCUT2D eigenvalue weighted by atomic mass is 9.87. The lowest BCUT2D eigenvalue weighted by Crippen LogP contribution is -1.99. The van der Waals surface area contributed by atoms with Crippen molar-refractivity contribution in [2.45, 2.75) is 33.6 Å². The molecule has 1 heterocycles. The summed E-state index contributed by atoms with van der Waals surface area (Å²) in [4.78, 5) is 4.22. The van der Waals surface area contributed by atoms with Crippen molar-refractivity contribution in [1.82, 2.24) is 4.98 Å². The highest BCUT2D eigenvalue weighted by atomic mass is 14.6. The number of aromatic nitrogens is 1. The van der Waals surface area contributed by atoms with Gasteiger partial charge in [0, 0.05) is 12.4 Å². The van der Waals surface area contributed by atoms with Crippen molar-refractivity contribution >= 4 is 0 Å². The van der Waals surface area contributed by atoms with Crippen LogP contribution in [0.5, 0.6) is 0 Å². The number of nitriles is 2. The van der Waals surface area contributed by atoms with Crippen LogP contribution in [0, 0.1) is 50.4 Å². The molecule has 0 amide bonds. The Balaban J connectivity index is 2.69. The molecule has 0 saturated heterocycles. The summed E-state index contributed by atoms with van der Waals surface area (Å²) in [5.74, 6) is -0.712. The van der Waals surface area contributed by atoms with Gasteiger partial charge in [0.1, 0.15) is 0 Å². The molecule has 3 heteroatoms. The minimum Gasteiger partial charge on any atom is -0.264 e. The highest BCUT2D eigenvalue weighted by Gasteiger charge is 2.16. The van der Waals surface area contributed by atoms with Crippen LogP contribution in [-0.2, 0) is 0 Å². The molecule has 0 N–H and O–H groups in total. The Labute approximate surface area is 125 Å². The van der Waals surface area contributed by atoms with E-state index in [9.17, 15) is 0 Å². The summed E-state index contributed by atoms with van der Waals surface area (Å²) in [6.45, 7) is 8.15. The van der Waals surface area contributed by atoms with Crippen molar-refractivity contribution in [3.8, 4) is 23.3 Å². The summed E-state index contributed by atoms with van der Waals surface area (Å²) in [5.41, 5.74) is 7.55. The van der Waals surface area contributed by atoms with Crippen LogP contribution in [0.15, 0.2) is 24.5 Å². The summed E-state index contributed by atoms with van der Waals surface area (Å²) in [6, 6.07) is 7.95. The summed E-state index contributed by atoms with van der Waals surface area (Å²) < 4.78 is 0. The third-order valence-corrected chi connectivity index (χ3v) is 3.72. The van der Waals surface area contributed by atoms with Crippen LogP contribution < -0.4 is 0 Å². The molecule has 0 aliphatic carbocycles. The summed E-state index contributed by atoms with van der Waals surface area (Å²) in [7, 11) is 0. The standard InChI is InChI=1S/C18H17N3/c1-11-5-15(16(7-19)8-20)6-12(2)17(11)18-13(3)9-21-10-14(18)4/h5-6,9-10,16H,1-4H3. The van der Waals surface area contributed by atoms with Crippen LogP contribution >= 0.6 is 0 Å². The minimum atomic E-state index is -0.712. The molecule has 0 bridgehead atoms. The van der Waals surface area contributed by atoms with Gasteiger partial charge in [-0.05, 0) is 66.6 Å². The maximum Gasteiger partial charge on any atom is 0.158 e. The van der Waals surface area contributed by atoms with E-state index in [1.54, 1.807) is 0 Å². The van der Waals surface area contributed by atoms with Gasteiger partial charge in [0.2, 0.25) is 0 Å². The maximum absolute atomic E-state index is 9.06.